The highest BCUT2D eigenvalue weighted by molar-refractivity contribution is 9.09. The second kappa shape index (κ2) is 5.09. The summed E-state index contributed by atoms with van der Waals surface area (Å²) in [5.41, 5.74) is 0. The summed E-state index contributed by atoms with van der Waals surface area (Å²) in [5.74, 6) is -2.33. The first-order valence-electron chi connectivity index (χ1n) is 4.24. The van der Waals surface area contributed by atoms with Gasteiger partial charge < -0.3 is 4.74 Å². The molecule has 0 bridgehead atoms. The van der Waals surface area contributed by atoms with Gasteiger partial charge in [-0.25, -0.2) is 17.2 Å². The van der Waals surface area contributed by atoms with Crippen LogP contribution in [0, 0.1) is 11.6 Å². The Hall–Kier alpha value is -0.690. The minimum absolute atomic E-state index is 0.0400. The van der Waals surface area contributed by atoms with Crippen molar-refractivity contribution in [1.29, 1.82) is 0 Å². The average molecular weight is 315 g/mol. The van der Waals surface area contributed by atoms with Gasteiger partial charge in [-0.05, 0) is 0 Å². The van der Waals surface area contributed by atoms with E-state index in [2.05, 4.69) is 15.9 Å². The molecule has 0 spiro atoms. The van der Waals surface area contributed by atoms with E-state index in [-0.39, 0.29) is 12.4 Å². The standard InChI is InChI=1S/C9H9BrF2O3S/c1-16(13,14)9-7(11)4-6(5-8(9)12)15-3-2-10/h4-5H,2-3H2,1H3. The normalized spacial score (nSPS) is 11.5. The van der Waals surface area contributed by atoms with Crippen LogP contribution < -0.4 is 4.74 Å². The van der Waals surface area contributed by atoms with E-state index in [0.29, 0.717) is 5.33 Å². The van der Waals surface area contributed by atoms with E-state index in [1.807, 2.05) is 0 Å². The van der Waals surface area contributed by atoms with Crippen molar-refractivity contribution in [3.05, 3.63) is 23.8 Å². The first kappa shape index (κ1) is 13.4. The van der Waals surface area contributed by atoms with Crippen molar-refractivity contribution in [2.75, 3.05) is 18.2 Å². The van der Waals surface area contributed by atoms with E-state index in [4.69, 9.17) is 4.74 Å². The minimum Gasteiger partial charge on any atom is -0.493 e. The Morgan fingerprint density at radius 3 is 2.19 bits per heavy atom. The van der Waals surface area contributed by atoms with Gasteiger partial charge in [0.1, 0.15) is 22.3 Å². The van der Waals surface area contributed by atoms with Gasteiger partial charge in [0.25, 0.3) is 0 Å². The SMILES string of the molecule is CS(=O)(=O)c1c(F)cc(OCCBr)cc1F. The maximum absolute atomic E-state index is 13.3. The zero-order chi connectivity index (χ0) is 12.3. The van der Waals surface area contributed by atoms with Crippen molar-refractivity contribution in [2.45, 2.75) is 4.90 Å². The van der Waals surface area contributed by atoms with Gasteiger partial charge in [0, 0.05) is 23.7 Å². The lowest BCUT2D eigenvalue weighted by atomic mass is 10.3. The molecule has 0 saturated heterocycles. The molecule has 0 radical (unpaired) electrons. The highest BCUT2D eigenvalue weighted by Gasteiger charge is 2.20. The van der Waals surface area contributed by atoms with Crippen molar-refractivity contribution in [1.82, 2.24) is 0 Å². The fourth-order valence-corrected chi connectivity index (χ4v) is 2.12. The molecule has 0 atom stereocenters. The van der Waals surface area contributed by atoms with E-state index in [0.717, 1.165) is 18.4 Å². The Morgan fingerprint density at radius 2 is 1.81 bits per heavy atom. The summed E-state index contributed by atoms with van der Waals surface area (Å²) in [7, 11) is -3.92. The number of rotatable bonds is 4. The fraction of sp³-hybridized carbons (Fsp3) is 0.333. The lowest BCUT2D eigenvalue weighted by molar-refractivity contribution is 0.338. The Morgan fingerprint density at radius 1 is 1.31 bits per heavy atom. The predicted octanol–water partition coefficient (Wildman–Crippen LogP) is 2.14. The smallest absolute Gasteiger partial charge is 0.181 e. The Bertz CT molecular complexity index is 465. The molecule has 0 fully saturated rings. The van der Waals surface area contributed by atoms with Gasteiger partial charge in [-0.1, -0.05) is 15.9 Å². The first-order chi connectivity index (χ1) is 7.36. The van der Waals surface area contributed by atoms with E-state index < -0.39 is 26.4 Å². The molecule has 0 aliphatic carbocycles. The average Bonchev–Trinajstić information content (AvgIpc) is 2.11. The van der Waals surface area contributed by atoms with Crippen molar-refractivity contribution in [3.8, 4) is 5.75 Å². The van der Waals surface area contributed by atoms with E-state index in [1.165, 1.54) is 0 Å². The Balaban J connectivity index is 3.18. The monoisotopic (exact) mass is 314 g/mol. The van der Waals surface area contributed by atoms with E-state index >= 15 is 0 Å². The van der Waals surface area contributed by atoms with Gasteiger partial charge in [0.05, 0.1) is 6.61 Å². The van der Waals surface area contributed by atoms with Crippen LogP contribution in [0.25, 0.3) is 0 Å². The van der Waals surface area contributed by atoms with Crippen molar-refractivity contribution in [3.63, 3.8) is 0 Å². The van der Waals surface area contributed by atoms with Gasteiger partial charge in [0.15, 0.2) is 9.84 Å². The topological polar surface area (TPSA) is 43.4 Å². The van der Waals surface area contributed by atoms with Gasteiger partial charge in [-0.15, -0.1) is 0 Å². The third kappa shape index (κ3) is 3.15. The van der Waals surface area contributed by atoms with Crippen LogP contribution in [0.5, 0.6) is 5.75 Å². The summed E-state index contributed by atoms with van der Waals surface area (Å²) in [6, 6.07) is 1.70. The lowest BCUT2D eigenvalue weighted by Gasteiger charge is -2.07. The second-order valence-corrected chi connectivity index (χ2v) is 5.77. The van der Waals surface area contributed by atoms with Gasteiger partial charge >= 0.3 is 0 Å². The first-order valence-corrected chi connectivity index (χ1v) is 7.25. The zero-order valence-electron chi connectivity index (χ0n) is 8.34. The molecule has 0 heterocycles. The second-order valence-electron chi connectivity index (χ2n) is 3.03. The molecular formula is C9H9BrF2O3S. The van der Waals surface area contributed by atoms with Gasteiger partial charge in [-0.3, -0.25) is 0 Å². The van der Waals surface area contributed by atoms with Crippen LogP contribution in [-0.4, -0.2) is 26.6 Å². The summed E-state index contributed by atoms with van der Waals surface area (Å²) < 4.78 is 53.8. The van der Waals surface area contributed by atoms with E-state index in [9.17, 15) is 17.2 Å². The summed E-state index contributed by atoms with van der Waals surface area (Å²) in [6.07, 6.45) is 0.744. The summed E-state index contributed by atoms with van der Waals surface area (Å²) in [6.45, 7) is 0.233. The highest BCUT2D eigenvalue weighted by Crippen LogP contribution is 2.24. The molecule has 1 aromatic carbocycles. The molecule has 3 nitrogen and oxygen atoms in total. The Labute approximate surface area is 100 Å². The molecule has 7 heteroatoms. The third-order valence-corrected chi connectivity index (χ3v) is 3.14. The number of hydrogen-bond acceptors (Lipinski definition) is 3. The maximum Gasteiger partial charge on any atom is 0.181 e. The van der Waals surface area contributed by atoms with Crippen LogP contribution in [0.4, 0.5) is 8.78 Å². The molecule has 0 saturated carbocycles. The van der Waals surface area contributed by atoms with Crippen molar-refractivity contribution >= 4 is 25.8 Å². The third-order valence-electron chi connectivity index (χ3n) is 1.69. The van der Waals surface area contributed by atoms with E-state index in [1.54, 1.807) is 0 Å². The maximum atomic E-state index is 13.3. The number of hydrogen-bond donors (Lipinski definition) is 0. The lowest BCUT2D eigenvalue weighted by Crippen LogP contribution is -2.06. The summed E-state index contributed by atoms with van der Waals surface area (Å²) >= 11 is 3.08. The molecule has 0 amide bonds. The van der Waals surface area contributed by atoms with Crippen LogP contribution in [0.3, 0.4) is 0 Å². The summed E-state index contributed by atoms with van der Waals surface area (Å²) in [5, 5.41) is 0.504. The van der Waals surface area contributed by atoms with Crippen LogP contribution >= 0.6 is 15.9 Å². The molecule has 90 valence electrons. The molecule has 1 aromatic rings. The molecule has 0 N–H and O–H groups in total. The molecule has 16 heavy (non-hydrogen) atoms. The predicted molar refractivity (Wildman–Crippen MR) is 58.8 cm³/mol. The highest BCUT2D eigenvalue weighted by atomic mass is 79.9. The van der Waals surface area contributed by atoms with Gasteiger partial charge in [-0.2, -0.15) is 0 Å². The number of benzene rings is 1. The fourth-order valence-electron chi connectivity index (χ4n) is 1.13. The Kier molecular flexibility index (Phi) is 4.26. The molecule has 0 aliphatic rings. The molecule has 0 aromatic heterocycles. The molecule has 1 rings (SSSR count). The minimum atomic E-state index is -3.92. The van der Waals surface area contributed by atoms with Crippen LogP contribution in [0.1, 0.15) is 0 Å². The molecular weight excluding hydrogens is 306 g/mol. The summed E-state index contributed by atoms with van der Waals surface area (Å²) in [4.78, 5) is -0.932. The number of sulfone groups is 1. The number of alkyl halides is 1. The van der Waals surface area contributed by atoms with Crippen LogP contribution in [0.15, 0.2) is 17.0 Å². The number of halogens is 3. The van der Waals surface area contributed by atoms with Crippen molar-refractivity contribution in [2.24, 2.45) is 0 Å². The zero-order valence-corrected chi connectivity index (χ0v) is 10.7. The van der Waals surface area contributed by atoms with Crippen LogP contribution in [-0.2, 0) is 9.84 Å². The molecule has 0 unspecified atom stereocenters. The van der Waals surface area contributed by atoms with Crippen molar-refractivity contribution < 1.29 is 21.9 Å². The number of ether oxygens (including phenoxy) is 1. The van der Waals surface area contributed by atoms with Gasteiger partial charge in [0.2, 0.25) is 0 Å². The molecule has 0 aliphatic heterocycles. The largest absolute Gasteiger partial charge is 0.493 e. The van der Waals surface area contributed by atoms with Crippen LogP contribution in [0.2, 0.25) is 0 Å². The quantitative estimate of drug-likeness (QED) is 0.800.